The Bertz CT molecular complexity index is 1240. The zero-order valence-electron chi connectivity index (χ0n) is 18.0. The minimum absolute atomic E-state index is 0.116. The number of ether oxygens (including phenoxy) is 1. The van der Waals surface area contributed by atoms with Gasteiger partial charge in [-0.3, -0.25) is 9.59 Å². The summed E-state index contributed by atoms with van der Waals surface area (Å²) < 4.78 is 11.3. The number of aromatic nitrogens is 2. The van der Waals surface area contributed by atoms with E-state index < -0.39 is 0 Å². The summed E-state index contributed by atoms with van der Waals surface area (Å²) in [5.41, 5.74) is 2.23. The van der Waals surface area contributed by atoms with Gasteiger partial charge in [-0.2, -0.15) is 0 Å². The van der Waals surface area contributed by atoms with Crippen LogP contribution in [0.15, 0.2) is 83.3 Å². The molecule has 0 aliphatic carbocycles. The van der Waals surface area contributed by atoms with E-state index in [1.165, 1.54) is 0 Å². The van der Waals surface area contributed by atoms with E-state index in [1.807, 2.05) is 30.3 Å². The highest BCUT2D eigenvalue weighted by Gasteiger charge is 2.10. The molecule has 2 amide bonds. The number of carbonyl (C=O) groups excluding carboxylic acids is 2. The van der Waals surface area contributed by atoms with Gasteiger partial charge in [0.1, 0.15) is 5.75 Å². The molecule has 0 radical (unpaired) electrons. The van der Waals surface area contributed by atoms with E-state index in [4.69, 9.17) is 20.8 Å². The average Bonchev–Trinajstić information content (AvgIpc) is 3.34. The Morgan fingerprint density at radius 3 is 2.35 bits per heavy atom. The van der Waals surface area contributed by atoms with Crippen molar-refractivity contribution in [2.75, 3.05) is 11.9 Å². The minimum atomic E-state index is -0.336. The zero-order chi connectivity index (χ0) is 23.8. The van der Waals surface area contributed by atoms with Crippen LogP contribution in [0, 0.1) is 0 Å². The third-order valence-electron chi connectivity index (χ3n) is 4.71. The van der Waals surface area contributed by atoms with Crippen molar-refractivity contribution >= 4 is 29.1 Å². The molecule has 0 aliphatic rings. The molecule has 0 saturated carbocycles. The Labute approximate surface area is 200 Å². The van der Waals surface area contributed by atoms with E-state index in [1.54, 1.807) is 48.5 Å². The molecule has 0 unspecified atom stereocenters. The molecule has 3 aromatic carbocycles. The van der Waals surface area contributed by atoms with E-state index in [0.717, 1.165) is 11.1 Å². The van der Waals surface area contributed by atoms with Crippen LogP contribution in [0.25, 0.3) is 11.5 Å². The monoisotopic (exact) mass is 476 g/mol. The summed E-state index contributed by atoms with van der Waals surface area (Å²) >= 11 is 5.83. The van der Waals surface area contributed by atoms with Crippen LogP contribution in [0.5, 0.6) is 5.75 Å². The molecule has 4 aromatic rings. The molecule has 0 spiro atoms. The molecule has 172 valence electrons. The van der Waals surface area contributed by atoms with Crippen LogP contribution in [0.3, 0.4) is 0 Å². The van der Waals surface area contributed by atoms with Crippen molar-refractivity contribution in [3.63, 3.8) is 0 Å². The molecule has 0 atom stereocenters. The maximum absolute atomic E-state index is 12.1. The summed E-state index contributed by atoms with van der Waals surface area (Å²) in [5.74, 6) is 0.770. The van der Waals surface area contributed by atoms with E-state index in [9.17, 15) is 9.59 Å². The van der Waals surface area contributed by atoms with Crippen LogP contribution < -0.4 is 15.4 Å². The number of hydrogen-bond acceptors (Lipinski definition) is 6. The molecule has 1 aromatic heterocycles. The molecule has 0 saturated heterocycles. The molecule has 1 heterocycles. The highest BCUT2D eigenvalue weighted by molar-refractivity contribution is 6.30. The maximum atomic E-state index is 12.1. The van der Waals surface area contributed by atoms with Crippen LogP contribution in [-0.2, 0) is 22.6 Å². The lowest BCUT2D eigenvalue weighted by Gasteiger charge is -2.08. The fourth-order valence-electron chi connectivity index (χ4n) is 3.02. The van der Waals surface area contributed by atoms with Crippen LogP contribution in [-0.4, -0.2) is 28.6 Å². The standard InChI is InChI=1S/C25H21ClN4O4/c26-19-8-6-17(7-9-19)14-22(31)27-15-23(32)28-20-10-12-21(13-11-20)33-16-24-29-30-25(34-24)18-4-2-1-3-5-18/h1-13H,14-16H2,(H,27,31)(H,28,32). The Balaban J connectivity index is 1.20. The van der Waals surface area contributed by atoms with Gasteiger partial charge in [-0.15, -0.1) is 10.2 Å². The zero-order valence-corrected chi connectivity index (χ0v) is 18.8. The number of anilines is 1. The SMILES string of the molecule is O=C(Cc1ccc(Cl)cc1)NCC(=O)Nc1ccc(OCc2nnc(-c3ccccc3)o2)cc1. The fourth-order valence-corrected chi connectivity index (χ4v) is 3.15. The Morgan fingerprint density at radius 1 is 0.882 bits per heavy atom. The fraction of sp³-hybridized carbons (Fsp3) is 0.120. The number of rotatable bonds is 9. The normalized spacial score (nSPS) is 10.5. The summed E-state index contributed by atoms with van der Waals surface area (Å²) in [7, 11) is 0. The van der Waals surface area contributed by atoms with Gasteiger partial charge in [0.05, 0.1) is 13.0 Å². The van der Waals surface area contributed by atoms with Crippen LogP contribution in [0.1, 0.15) is 11.5 Å². The summed E-state index contributed by atoms with van der Waals surface area (Å²) in [6.45, 7) is -0.0171. The second kappa shape index (κ2) is 11.1. The Kier molecular flexibility index (Phi) is 7.52. The molecule has 34 heavy (non-hydrogen) atoms. The average molecular weight is 477 g/mol. The van der Waals surface area contributed by atoms with E-state index >= 15 is 0 Å². The Morgan fingerprint density at radius 2 is 1.62 bits per heavy atom. The first-order chi connectivity index (χ1) is 16.5. The lowest BCUT2D eigenvalue weighted by molar-refractivity contribution is -0.123. The molecular formula is C25H21ClN4O4. The highest BCUT2D eigenvalue weighted by Crippen LogP contribution is 2.20. The summed E-state index contributed by atoms with van der Waals surface area (Å²) in [5, 5.41) is 13.9. The van der Waals surface area contributed by atoms with Crippen molar-refractivity contribution < 1.29 is 18.7 Å². The van der Waals surface area contributed by atoms with Crippen molar-refractivity contribution in [3.8, 4) is 17.2 Å². The lowest BCUT2D eigenvalue weighted by atomic mass is 10.1. The van der Waals surface area contributed by atoms with Gasteiger partial charge < -0.3 is 19.8 Å². The molecule has 2 N–H and O–H groups in total. The smallest absolute Gasteiger partial charge is 0.254 e. The number of halogens is 1. The number of nitrogens with zero attached hydrogens (tertiary/aromatic N) is 2. The number of amides is 2. The van der Waals surface area contributed by atoms with Crippen molar-refractivity contribution in [2.24, 2.45) is 0 Å². The van der Waals surface area contributed by atoms with Crippen molar-refractivity contribution in [3.05, 3.63) is 95.3 Å². The van der Waals surface area contributed by atoms with Crippen LogP contribution >= 0.6 is 11.6 Å². The third kappa shape index (κ3) is 6.66. The molecule has 0 aliphatic heterocycles. The second-order valence-corrected chi connectivity index (χ2v) is 7.74. The molecule has 9 heteroatoms. The lowest BCUT2D eigenvalue weighted by Crippen LogP contribution is -2.33. The molecule has 0 bridgehead atoms. The molecular weight excluding hydrogens is 456 g/mol. The number of nitrogens with one attached hydrogen (secondary N) is 2. The predicted molar refractivity (Wildman–Crippen MR) is 127 cm³/mol. The van der Waals surface area contributed by atoms with E-state index in [0.29, 0.717) is 28.2 Å². The predicted octanol–water partition coefficient (Wildman–Crippen LogP) is 4.27. The Hall–Kier alpha value is -4.17. The van der Waals surface area contributed by atoms with Gasteiger partial charge in [0.15, 0.2) is 6.61 Å². The summed E-state index contributed by atoms with van der Waals surface area (Å²) in [6.07, 6.45) is 0.170. The van der Waals surface area contributed by atoms with Gasteiger partial charge in [0, 0.05) is 16.3 Å². The van der Waals surface area contributed by atoms with Gasteiger partial charge in [-0.25, -0.2) is 0 Å². The quantitative estimate of drug-likeness (QED) is 0.373. The van der Waals surface area contributed by atoms with Gasteiger partial charge in [0.2, 0.25) is 17.7 Å². The summed E-state index contributed by atoms with van der Waals surface area (Å²) in [6, 6.07) is 23.3. The van der Waals surface area contributed by atoms with Crippen molar-refractivity contribution in [2.45, 2.75) is 13.0 Å². The number of hydrogen-bond donors (Lipinski definition) is 2. The summed E-state index contributed by atoms with van der Waals surface area (Å²) in [4.78, 5) is 24.1. The molecule has 0 fully saturated rings. The maximum Gasteiger partial charge on any atom is 0.254 e. The minimum Gasteiger partial charge on any atom is -0.484 e. The first-order valence-corrected chi connectivity index (χ1v) is 10.8. The van der Waals surface area contributed by atoms with Gasteiger partial charge in [-0.05, 0) is 54.1 Å². The van der Waals surface area contributed by atoms with Crippen LogP contribution in [0.4, 0.5) is 5.69 Å². The first kappa shape index (κ1) is 23.0. The number of carbonyl (C=O) groups is 2. The van der Waals surface area contributed by atoms with E-state index in [-0.39, 0.29) is 31.4 Å². The first-order valence-electron chi connectivity index (χ1n) is 10.5. The van der Waals surface area contributed by atoms with Crippen molar-refractivity contribution in [1.82, 2.24) is 15.5 Å². The van der Waals surface area contributed by atoms with Gasteiger partial charge in [-0.1, -0.05) is 41.9 Å². The van der Waals surface area contributed by atoms with Crippen LogP contribution in [0.2, 0.25) is 5.02 Å². The molecule has 4 rings (SSSR count). The molecule has 8 nitrogen and oxygen atoms in total. The van der Waals surface area contributed by atoms with E-state index in [2.05, 4.69) is 20.8 Å². The largest absolute Gasteiger partial charge is 0.484 e. The number of benzene rings is 3. The highest BCUT2D eigenvalue weighted by atomic mass is 35.5. The third-order valence-corrected chi connectivity index (χ3v) is 4.96. The van der Waals surface area contributed by atoms with Gasteiger partial charge in [0.25, 0.3) is 5.89 Å². The van der Waals surface area contributed by atoms with Gasteiger partial charge >= 0.3 is 0 Å². The second-order valence-electron chi connectivity index (χ2n) is 7.31. The van der Waals surface area contributed by atoms with Crippen molar-refractivity contribution in [1.29, 1.82) is 0 Å². The topological polar surface area (TPSA) is 106 Å².